The maximum absolute atomic E-state index is 8.97. The van der Waals surface area contributed by atoms with E-state index in [0.29, 0.717) is 0 Å². The molecule has 0 aliphatic carbocycles. The van der Waals surface area contributed by atoms with E-state index in [2.05, 4.69) is 23.2 Å². The molecule has 0 saturated heterocycles. The van der Waals surface area contributed by atoms with Crippen LogP contribution in [0.1, 0.15) is 0 Å². The Bertz CT molecular complexity index is 218. The average Bonchev–Trinajstić information content (AvgIpc) is 1.84. The van der Waals surface area contributed by atoms with E-state index in [1.165, 1.54) is 0 Å². The molecule has 6 heteroatoms. The van der Waals surface area contributed by atoms with Crippen molar-refractivity contribution in [3.63, 3.8) is 0 Å². The van der Waals surface area contributed by atoms with Crippen LogP contribution in [0.15, 0.2) is 25.3 Å². The van der Waals surface area contributed by atoms with Crippen LogP contribution in [0.2, 0.25) is 0 Å². The summed E-state index contributed by atoms with van der Waals surface area (Å²) < 4.78 is 25.2. The quantitative estimate of drug-likeness (QED) is 0.504. The van der Waals surface area contributed by atoms with Crippen molar-refractivity contribution in [2.75, 3.05) is 20.1 Å². The summed E-state index contributed by atoms with van der Waals surface area (Å²) in [6.45, 7) is 9.09. The second-order valence-electron chi connectivity index (χ2n) is 2.31. The fourth-order valence-electron chi connectivity index (χ4n) is 0.515. The van der Waals surface area contributed by atoms with Crippen LogP contribution in [0.5, 0.6) is 0 Å². The summed E-state index contributed by atoms with van der Waals surface area (Å²) in [6.07, 6.45) is 3.76. The summed E-state index contributed by atoms with van der Waals surface area (Å²) in [5.41, 5.74) is 0. The Morgan fingerprint density at radius 1 is 1.38 bits per heavy atom. The minimum Gasteiger partial charge on any atom is -0.299 e. The van der Waals surface area contributed by atoms with Crippen molar-refractivity contribution < 1.29 is 13.0 Å². The van der Waals surface area contributed by atoms with Crippen molar-refractivity contribution in [2.45, 2.75) is 0 Å². The third-order valence-corrected chi connectivity index (χ3v) is 0.882. The standard InChI is InChI=1S/C7H13N.H3NO3S/c1-4-6-8(3)7-5-2;1-5(2,3)4/h4-5H,1-2,6-7H2,3H3;(H3,1,2,3,4). The molecule has 0 bridgehead atoms. The summed E-state index contributed by atoms with van der Waals surface area (Å²) in [6, 6.07) is 0. The highest BCUT2D eigenvalue weighted by Gasteiger charge is 1.86. The van der Waals surface area contributed by atoms with Gasteiger partial charge < -0.3 is 0 Å². The SMILES string of the molecule is C=CCN(C)CC=C.NS(=O)(=O)O. The first-order valence-corrected chi connectivity index (χ1v) is 4.97. The molecule has 0 aromatic carbocycles. The lowest BCUT2D eigenvalue weighted by Crippen LogP contribution is -2.17. The van der Waals surface area contributed by atoms with Crippen LogP contribution in [0.4, 0.5) is 0 Å². The smallest absolute Gasteiger partial charge is 0.299 e. The predicted octanol–water partition coefficient (Wildman–Crippen LogP) is 0.0381. The van der Waals surface area contributed by atoms with E-state index < -0.39 is 10.3 Å². The second kappa shape index (κ2) is 7.93. The molecule has 0 spiro atoms. The van der Waals surface area contributed by atoms with Gasteiger partial charge in [0.2, 0.25) is 0 Å². The number of nitrogens with zero attached hydrogens (tertiary/aromatic N) is 1. The van der Waals surface area contributed by atoms with Crippen LogP contribution in [0, 0.1) is 0 Å². The van der Waals surface area contributed by atoms with Gasteiger partial charge in [-0.2, -0.15) is 8.42 Å². The molecule has 0 rings (SSSR count). The Hall–Kier alpha value is -0.690. The van der Waals surface area contributed by atoms with E-state index in [1.54, 1.807) is 0 Å². The highest BCUT2D eigenvalue weighted by Crippen LogP contribution is 1.80. The minimum absolute atomic E-state index is 0.937. The Kier molecular flexibility index (Phi) is 9.04. The van der Waals surface area contributed by atoms with Crippen LogP contribution < -0.4 is 5.14 Å². The van der Waals surface area contributed by atoms with Gasteiger partial charge in [0.25, 0.3) is 0 Å². The molecule has 0 unspecified atom stereocenters. The molecular formula is C7H16N2O3S. The molecule has 0 aromatic rings. The first-order valence-electron chi connectivity index (χ1n) is 3.46. The Labute approximate surface area is 79.4 Å². The van der Waals surface area contributed by atoms with Gasteiger partial charge >= 0.3 is 10.3 Å². The lowest BCUT2D eigenvalue weighted by molar-refractivity contribution is 0.413. The van der Waals surface area contributed by atoms with E-state index in [1.807, 2.05) is 19.2 Å². The lowest BCUT2D eigenvalue weighted by Gasteiger charge is -2.09. The highest BCUT2D eigenvalue weighted by atomic mass is 32.2. The Morgan fingerprint density at radius 2 is 1.62 bits per heavy atom. The molecule has 13 heavy (non-hydrogen) atoms. The van der Waals surface area contributed by atoms with Crippen LogP contribution in [0.3, 0.4) is 0 Å². The number of likely N-dealkylation sites (N-methyl/N-ethyl adjacent to an activating group) is 1. The molecule has 0 saturated carbocycles. The molecule has 0 amide bonds. The summed E-state index contributed by atoms with van der Waals surface area (Å²) in [7, 11) is -2.14. The van der Waals surface area contributed by atoms with Gasteiger partial charge in [0.05, 0.1) is 0 Å². The lowest BCUT2D eigenvalue weighted by atomic mass is 10.5. The molecule has 0 aromatic heterocycles. The first kappa shape index (κ1) is 14.8. The van der Waals surface area contributed by atoms with Crippen molar-refractivity contribution >= 4 is 10.3 Å². The molecule has 0 aliphatic heterocycles. The topological polar surface area (TPSA) is 83.6 Å². The number of hydrogen-bond acceptors (Lipinski definition) is 3. The molecule has 5 nitrogen and oxygen atoms in total. The summed E-state index contributed by atoms with van der Waals surface area (Å²) >= 11 is 0. The fraction of sp³-hybridized carbons (Fsp3) is 0.429. The van der Waals surface area contributed by atoms with Crippen molar-refractivity contribution in [3.05, 3.63) is 25.3 Å². The van der Waals surface area contributed by atoms with Crippen LogP contribution in [0.25, 0.3) is 0 Å². The molecule has 0 radical (unpaired) electrons. The molecule has 0 atom stereocenters. The van der Waals surface area contributed by atoms with Gasteiger partial charge in [-0.05, 0) is 7.05 Å². The molecule has 0 fully saturated rings. The number of rotatable bonds is 4. The summed E-state index contributed by atoms with van der Waals surface area (Å²) in [5.74, 6) is 0. The van der Waals surface area contributed by atoms with Gasteiger partial charge in [-0.15, -0.1) is 13.2 Å². The van der Waals surface area contributed by atoms with Gasteiger partial charge in [0.15, 0.2) is 0 Å². The van der Waals surface area contributed by atoms with Crippen molar-refractivity contribution in [3.8, 4) is 0 Å². The third kappa shape index (κ3) is 34.8. The first-order chi connectivity index (χ1) is 5.81. The largest absolute Gasteiger partial charge is 0.330 e. The van der Waals surface area contributed by atoms with Crippen molar-refractivity contribution in [2.24, 2.45) is 5.14 Å². The summed E-state index contributed by atoms with van der Waals surface area (Å²) in [4.78, 5) is 2.12. The third-order valence-electron chi connectivity index (χ3n) is 0.882. The van der Waals surface area contributed by atoms with Crippen molar-refractivity contribution in [1.82, 2.24) is 4.90 Å². The molecule has 78 valence electrons. The highest BCUT2D eigenvalue weighted by molar-refractivity contribution is 7.83. The monoisotopic (exact) mass is 208 g/mol. The van der Waals surface area contributed by atoms with Crippen LogP contribution >= 0.6 is 0 Å². The van der Waals surface area contributed by atoms with Gasteiger partial charge in [0.1, 0.15) is 0 Å². The zero-order chi connectivity index (χ0) is 10.9. The summed E-state index contributed by atoms with van der Waals surface area (Å²) in [5, 5.41) is 3.88. The molecule has 3 N–H and O–H groups in total. The maximum Gasteiger partial charge on any atom is 0.330 e. The zero-order valence-corrected chi connectivity index (χ0v) is 8.50. The van der Waals surface area contributed by atoms with Gasteiger partial charge in [-0.25, -0.2) is 5.14 Å². The van der Waals surface area contributed by atoms with Crippen LogP contribution in [-0.4, -0.2) is 38.0 Å². The van der Waals surface area contributed by atoms with E-state index in [4.69, 9.17) is 13.0 Å². The predicted molar refractivity (Wildman–Crippen MR) is 53.6 cm³/mol. The molecule has 0 heterocycles. The van der Waals surface area contributed by atoms with E-state index in [0.717, 1.165) is 13.1 Å². The fourth-order valence-corrected chi connectivity index (χ4v) is 0.515. The Balaban J connectivity index is 0. The molecule has 0 aliphatic rings. The number of nitrogens with two attached hydrogens (primary N) is 1. The average molecular weight is 208 g/mol. The van der Waals surface area contributed by atoms with E-state index >= 15 is 0 Å². The minimum atomic E-state index is -4.17. The van der Waals surface area contributed by atoms with Gasteiger partial charge in [-0.3, -0.25) is 9.45 Å². The van der Waals surface area contributed by atoms with E-state index in [9.17, 15) is 0 Å². The molecular weight excluding hydrogens is 192 g/mol. The van der Waals surface area contributed by atoms with Crippen LogP contribution in [-0.2, 0) is 10.3 Å². The zero-order valence-electron chi connectivity index (χ0n) is 7.68. The maximum atomic E-state index is 8.97. The Morgan fingerprint density at radius 3 is 1.77 bits per heavy atom. The van der Waals surface area contributed by atoms with Crippen molar-refractivity contribution in [1.29, 1.82) is 0 Å². The van der Waals surface area contributed by atoms with Gasteiger partial charge in [0, 0.05) is 13.1 Å². The number of hydrogen-bond donors (Lipinski definition) is 2. The van der Waals surface area contributed by atoms with E-state index in [-0.39, 0.29) is 0 Å². The second-order valence-corrected chi connectivity index (χ2v) is 3.34. The van der Waals surface area contributed by atoms with Gasteiger partial charge in [-0.1, -0.05) is 12.2 Å². The normalized spacial score (nSPS) is 10.2.